The van der Waals surface area contributed by atoms with Gasteiger partial charge in [0.25, 0.3) is 5.91 Å². The quantitative estimate of drug-likeness (QED) is 0.373. The van der Waals surface area contributed by atoms with Gasteiger partial charge in [0.05, 0.1) is 12.0 Å². The third-order valence-corrected chi connectivity index (χ3v) is 5.03. The molecular formula is C18H23N5OS. The summed E-state index contributed by atoms with van der Waals surface area (Å²) in [5.74, 6) is 0.0720. The van der Waals surface area contributed by atoms with Crippen molar-refractivity contribution in [2.45, 2.75) is 50.7 Å². The summed E-state index contributed by atoms with van der Waals surface area (Å²) in [6, 6.07) is 4.55. The van der Waals surface area contributed by atoms with Crippen molar-refractivity contribution in [2.75, 3.05) is 5.75 Å². The van der Waals surface area contributed by atoms with E-state index in [1.165, 1.54) is 37.4 Å². The maximum atomic E-state index is 11.9. The molecule has 0 spiro atoms. The van der Waals surface area contributed by atoms with E-state index in [2.05, 4.69) is 37.5 Å². The summed E-state index contributed by atoms with van der Waals surface area (Å²) in [7, 11) is 0. The van der Waals surface area contributed by atoms with Gasteiger partial charge in [-0.3, -0.25) is 4.79 Å². The van der Waals surface area contributed by atoms with Crippen LogP contribution in [-0.4, -0.2) is 32.4 Å². The van der Waals surface area contributed by atoms with Gasteiger partial charge in [-0.1, -0.05) is 24.6 Å². The minimum Gasteiger partial charge on any atom is -0.351 e. The third-order valence-electron chi connectivity index (χ3n) is 4.18. The molecule has 0 bridgehead atoms. The van der Waals surface area contributed by atoms with Gasteiger partial charge in [-0.2, -0.15) is 5.10 Å². The number of carbonyl (C=O) groups excluding carboxylic acids is 1. The van der Waals surface area contributed by atoms with Gasteiger partial charge in [-0.15, -0.1) is 0 Å². The summed E-state index contributed by atoms with van der Waals surface area (Å²) in [6.07, 6.45) is 11.0. The Hall–Kier alpha value is -2.15. The highest BCUT2D eigenvalue weighted by atomic mass is 32.2. The standard InChI is InChI=1S/C18H23N5OS/c1-13-9-14(2)21-18(20-13)25-12-17(24)22-19-10-15-7-8-23(11-15)16-5-3-4-6-16/h7-11,16H,3-6,12H2,1-2H3,(H,22,24)/b19-10-. The lowest BCUT2D eigenvalue weighted by Crippen LogP contribution is -2.19. The summed E-state index contributed by atoms with van der Waals surface area (Å²) in [5, 5.41) is 4.65. The second-order valence-electron chi connectivity index (χ2n) is 6.35. The summed E-state index contributed by atoms with van der Waals surface area (Å²) in [6.45, 7) is 3.83. The van der Waals surface area contributed by atoms with Crippen LogP contribution in [0.5, 0.6) is 0 Å². The second kappa shape index (κ2) is 8.29. The van der Waals surface area contributed by atoms with Crippen molar-refractivity contribution in [3.05, 3.63) is 41.5 Å². The van der Waals surface area contributed by atoms with Crippen LogP contribution in [0.1, 0.15) is 48.7 Å². The smallest absolute Gasteiger partial charge is 0.250 e. The summed E-state index contributed by atoms with van der Waals surface area (Å²) in [4.78, 5) is 20.5. The maximum Gasteiger partial charge on any atom is 0.250 e. The predicted octanol–water partition coefficient (Wildman–Crippen LogP) is 3.25. The molecule has 0 aromatic carbocycles. The Bertz CT molecular complexity index is 744. The molecule has 6 nitrogen and oxygen atoms in total. The van der Waals surface area contributed by atoms with Gasteiger partial charge in [-0.05, 0) is 38.8 Å². The Labute approximate surface area is 152 Å². The average molecular weight is 357 g/mol. The number of amides is 1. The molecule has 1 aliphatic carbocycles. The molecule has 2 heterocycles. The zero-order valence-corrected chi connectivity index (χ0v) is 15.4. The Morgan fingerprint density at radius 2 is 2.08 bits per heavy atom. The lowest BCUT2D eigenvalue weighted by Gasteiger charge is -2.10. The van der Waals surface area contributed by atoms with Crippen LogP contribution in [0.2, 0.25) is 0 Å². The monoisotopic (exact) mass is 357 g/mol. The molecule has 1 aliphatic rings. The van der Waals surface area contributed by atoms with E-state index in [0.717, 1.165) is 17.0 Å². The maximum absolute atomic E-state index is 11.9. The molecule has 1 fully saturated rings. The van der Waals surface area contributed by atoms with Crippen molar-refractivity contribution in [1.82, 2.24) is 20.0 Å². The Morgan fingerprint density at radius 3 is 2.80 bits per heavy atom. The Kier molecular flexibility index (Phi) is 5.86. The van der Waals surface area contributed by atoms with Gasteiger partial charge in [0.1, 0.15) is 0 Å². The van der Waals surface area contributed by atoms with Crippen LogP contribution < -0.4 is 5.43 Å². The van der Waals surface area contributed by atoms with Crippen LogP contribution in [0, 0.1) is 13.8 Å². The van der Waals surface area contributed by atoms with Gasteiger partial charge in [-0.25, -0.2) is 15.4 Å². The number of rotatable bonds is 6. The molecule has 0 radical (unpaired) electrons. The first-order valence-corrected chi connectivity index (χ1v) is 9.53. The second-order valence-corrected chi connectivity index (χ2v) is 7.29. The molecule has 2 aromatic heterocycles. The normalized spacial score (nSPS) is 15.1. The minimum atomic E-state index is -0.167. The van der Waals surface area contributed by atoms with Crippen molar-refractivity contribution in [1.29, 1.82) is 0 Å². The fourth-order valence-corrected chi connectivity index (χ4v) is 3.78. The molecule has 0 atom stereocenters. The van der Waals surface area contributed by atoms with Crippen LogP contribution >= 0.6 is 11.8 Å². The number of thioether (sulfide) groups is 1. The van der Waals surface area contributed by atoms with E-state index in [1.54, 1.807) is 6.21 Å². The number of nitrogens with zero attached hydrogens (tertiary/aromatic N) is 4. The van der Waals surface area contributed by atoms with E-state index in [1.807, 2.05) is 26.0 Å². The highest BCUT2D eigenvalue weighted by Crippen LogP contribution is 2.29. The van der Waals surface area contributed by atoms with E-state index in [0.29, 0.717) is 11.2 Å². The van der Waals surface area contributed by atoms with Crippen LogP contribution in [0.25, 0.3) is 0 Å². The first-order chi connectivity index (χ1) is 12.1. The molecule has 3 rings (SSSR count). The van der Waals surface area contributed by atoms with Crippen LogP contribution in [0.4, 0.5) is 0 Å². The number of hydrazone groups is 1. The van der Waals surface area contributed by atoms with E-state index < -0.39 is 0 Å². The van der Waals surface area contributed by atoms with E-state index >= 15 is 0 Å². The zero-order chi connectivity index (χ0) is 17.6. The molecule has 25 heavy (non-hydrogen) atoms. The van der Waals surface area contributed by atoms with E-state index in [4.69, 9.17) is 0 Å². The highest BCUT2D eigenvalue weighted by Gasteiger charge is 2.15. The number of nitrogens with one attached hydrogen (secondary N) is 1. The van der Waals surface area contributed by atoms with Crippen molar-refractivity contribution in [3.8, 4) is 0 Å². The fourth-order valence-electron chi connectivity index (χ4n) is 3.04. The summed E-state index contributed by atoms with van der Waals surface area (Å²) in [5.41, 5.74) is 5.36. The topological polar surface area (TPSA) is 72.2 Å². The summed E-state index contributed by atoms with van der Waals surface area (Å²) >= 11 is 1.31. The molecular weight excluding hydrogens is 334 g/mol. The molecule has 1 saturated carbocycles. The molecule has 1 N–H and O–H groups in total. The Morgan fingerprint density at radius 1 is 1.36 bits per heavy atom. The number of hydrogen-bond acceptors (Lipinski definition) is 5. The third kappa shape index (κ3) is 5.16. The van der Waals surface area contributed by atoms with Crippen LogP contribution in [0.15, 0.2) is 34.8 Å². The van der Waals surface area contributed by atoms with Crippen molar-refractivity contribution in [2.24, 2.45) is 5.10 Å². The lowest BCUT2D eigenvalue weighted by molar-refractivity contribution is -0.118. The van der Waals surface area contributed by atoms with Gasteiger partial charge >= 0.3 is 0 Å². The first-order valence-electron chi connectivity index (χ1n) is 8.54. The summed E-state index contributed by atoms with van der Waals surface area (Å²) < 4.78 is 2.25. The molecule has 0 saturated heterocycles. The fraction of sp³-hybridized carbons (Fsp3) is 0.444. The number of aryl methyl sites for hydroxylation is 2. The van der Waals surface area contributed by atoms with Gasteiger partial charge in [0.2, 0.25) is 0 Å². The van der Waals surface area contributed by atoms with Gasteiger partial charge < -0.3 is 4.57 Å². The Balaban J connectivity index is 1.46. The van der Waals surface area contributed by atoms with Crippen LogP contribution in [0.3, 0.4) is 0 Å². The number of hydrogen-bond donors (Lipinski definition) is 1. The minimum absolute atomic E-state index is 0.167. The molecule has 2 aromatic rings. The van der Waals surface area contributed by atoms with Gasteiger partial charge in [0.15, 0.2) is 5.16 Å². The van der Waals surface area contributed by atoms with Crippen molar-refractivity contribution >= 4 is 23.9 Å². The number of carbonyl (C=O) groups is 1. The zero-order valence-electron chi connectivity index (χ0n) is 14.6. The van der Waals surface area contributed by atoms with Crippen LogP contribution in [-0.2, 0) is 4.79 Å². The predicted molar refractivity (Wildman–Crippen MR) is 99.9 cm³/mol. The molecule has 7 heteroatoms. The van der Waals surface area contributed by atoms with Crippen molar-refractivity contribution < 1.29 is 4.79 Å². The van der Waals surface area contributed by atoms with Gasteiger partial charge in [0, 0.05) is 35.4 Å². The first kappa shape index (κ1) is 17.7. The van der Waals surface area contributed by atoms with E-state index in [-0.39, 0.29) is 11.7 Å². The largest absolute Gasteiger partial charge is 0.351 e. The number of aromatic nitrogens is 3. The average Bonchev–Trinajstić information content (AvgIpc) is 3.23. The van der Waals surface area contributed by atoms with Crippen molar-refractivity contribution in [3.63, 3.8) is 0 Å². The molecule has 1 amide bonds. The van der Waals surface area contributed by atoms with E-state index in [9.17, 15) is 4.79 Å². The lowest BCUT2D eigenvalue weighted by atomic mass is 10.2. The SMILES string of the molecule is Cc1cc(C)nc(SCC(=O)N/N=C\c2ccn(C3CCCC3)c2)n1. The molecule has 0 aliphatic heterocycles. The molecule has 0 unspecified atom stereocenters. The highest BCUT2D eigenvalue weighted by molar-refractivity contribution is 7.99. The molecule has 132 valence electrons.